The van der Waals surface area contributed by atoms with E-state index >= 15 is 0 Å². The number of halogens is 4. The zero-order valence-electron chi connectivity index (χ0n) is 11.6. The van der Waals surface area contributed by atoms with Crippen LogP contribution in [0.3, 0.4) is 0 Å². The molecule has 1 aromatic heterocycles. The van der Waals surface area contributed by atoms with Gasteiger partial charge in [-0.1, -0.05) is 0 Å². The molecule has 3 rings (SSSR count). The fourth-order valence-corrected chi connectivity index (χ4v) is 6.25. The van der Waals surface area contributed by atoms with Gasteiger partial charge in [-0.05, 0) is 0 Å². The summed E-state index contributed by atoms with van der Waals surface area (Å²) in [6.07, 6.45) is 3.62. The van der Waals surface area contributed by atoms with E-state index in [1.165, 1.54) is 18.2 Å². The predicted octanol–water partition coefficient (Wildman–Crippen LogP) is 6.31. The van der Waals surface area contributed by atoms with Crippen LogP contribution >= 0.6 is 59.4 Å². The summed E-state index contributed by atoms with van der Waals surface area (Å²) in [6, 6.07) is 6.42. The van der Waals surface area contributed by atoms with Gasteiger partial charge in [-0.15, -0.1) is 0 Å². The third-order valence-corrected chi connectivity index (χ3v) is 8.79. The molecule has 0 bridgehead atoms. The van der Waals surface area contributed by atoms with Crippen LogP contribution in [-0.2, 0) is 0 Å². The first-order valence-electron chi connectivity index (χ1n) is 6.43. The molecule has 9 heteroatoms. The first kappa shape index (κ1) is 18.3. The molecule has 0 atom stereocenters. The van der Waals surface area contributed by atoms with Gasteiger partial charge >= 0.3 is 174 Å². The standard InChI is InChI=1S/C15H6Br3ClN2O2Se/c16-9-6-11-15(14(18)13(9)17)20-12(24-11)4-1-7-5-8(21(22)23)2-3-10(7)19/h1-6H. The van der Waals surface area contributed by atoms with Gasteiger partial charge in [0.15, 0.2) is 0 Å². The van der Waals surface area contributed by atoms with Gasteiger partial charge in [-0.2, -0.15) is 0 Å². The zero-order valence-corrected chi connectivity index (χ0v) is 18.8. The molecule has 2 aromatic carbocycles. The number of hydrogen-bond donors (Lipinski definition) is 0. The van der Waals surface area contributed by atoms with E-state index in [4.69, 9.17) is 11.6 Å². The van der Waals surface area contributed by atoms with E-state index in [0.717, 1.165) is 27.8 Å². The number of fused-ring (bicyclic) bond motifs is 1. The molecule has 0 aliphatic rings. The topological polar surface area (TPSA) is 56.0 Å². The molecule has 0 saturated heterocycles. The van der Waals surface area contributed by atoms with Crippen molar-refractivity contribution in [2.45, 2.75) is 0 Å². The second kappa shape index (κ2) is 7.40. The molecule has 0 saturated carbocycles. The van der Waals surface area contributed by atoms with Crippen molar-refractivity contribution < 1.29 is 4.92 Å². The zero-order chi connectivity index (χ0) is 17.4. The van der Waals surface area contributed by atoms with Crippen LogP contribution in [0.1, 0.15) is 10.1 Å². The van der Waals surface area contributed by atoms with Crippen LogP contribution < -0.4 is 0 Å². The first-order valence-corrected chi connectivity index (χ1v) is 10.9. The molecule has 3 aromatic rings. The Morgan fingerprint density at radius 2 is 1.92 bits per heavy atom. The van der Waals surface area contributed by atoms with Gasteiger partial charge in [-0.3, -0.25) is 0 Å². The Kier molecular flexibility index (Phi) is 5.64. The van der Waals surface area contributed by atoms with Crippen LogP contribution in [0, 0.1) is 10.1 Å². The maximum absolute atomic E-state index is 10.9. The van der Waals surface area contributed by atoms with Gasteiger partial charge in [0.05, 0.1) is 0 Å². The number of nitro groups is 1. The summed E-state index contributed by atoms with van der Waals surface area (Å²) in [7, 11) is 0. The molecule has 0 fully saturated rings. The van der Waals surface area contributed by atoms with Gasteiger partial charge in [0.1, 0.15) is 0 Å². The second-order valence-corrected chi connectivity index (χ2v) is 9.76. The monoisotopic (exact) mass is 598 g/mol. The van der Waals surface area contributed by atoms with Crippen molar-refractivity contribution >= 4 is 102 Å². The van der Waals surface area contributed by atoms with Gasteiger partial charge in [-0.25, -0.2) is 0 Å². The minimum atomic E-state index is -0.438. The maximum atomic E-state index is 10.9. The van der Waals surface area contributed by atoms with E-state index in [9.17, 15) is 10.1 Å². The number of nitro benzene ring substituents is 1. The van der Waals surface area contributed by atoms with Crippen molar-refractivity contribution in [1.82, 2.24) is 4.98 Å². The average molecular weight is 600 g/mol. The van der Waals surface area contributed by atoms with Crippen LogP contribution in [0.4, 0.5) is 5.69 Å². The van der Waals surface area contributed by atoms with E-state index in [1.807, 2.05) is 6.08 Å². The van der Waals surface area contributed by atoms with E-state index in [2.05, 4.69) is 58.8 Å². The Hall–Kier alpha value is -0.501. The molecule has 122 valence electrons. The number of rotatable bonds is 3. The van der Waals surface area contributed by atoms with Crippen molar-refractivity contribution in [3.05, 3.63) is 63.0 Å². The number of non-ortho nitro benzene ring substituents is 1. The predicted molar refractivity (Wildman–Crippen MR) is 109 cm³/mol. The quantitative estimate of drug-likeness (QED) is 0.153. The van der Waals surface area contributed by atoms with Crippen molar-refractivity contribution in [2.24, 2.45) is 0 Å². The van der Waals surface area contributed by atoms with Crippen LogP contribution in [0.15, 0.2) is 37.7 Å². The van der Waals surface area contributed by atoms with Crippen LogP contribution in [-0.4, -0.2) is 24.4 Å². The number of nitrogens with zero attached hydrogens (tertiary/aromatic N) is 2. The van der Waals surface area contributed by atoms with Gasteiger partial charge < -0.3 is 0 Å². The summed E-state index contributed by atoms with van der Waals surface area (Å²) < 4.78 is 4.88. The van der Waals surface area contributed by atoms with Gasteiger partial charge in [0.2, 0.25) is 0 Å². The van der Waals surface area contributed by atoms with Crippen molar-refractivity contribution in [3.63, 3.8) is 0 Å². The molecule has 0 spiro atoms. The van der Waals surface area contributed by atoms with E-state index < -0.39 is 4.92 Å². The van der Waals surface area contributed by atoms with Gasteiger partial charge in [0, 0.05) is 0 Å². The fourth-order valence-electron chi connectivity index (χ4n) is 2.00. The molecule has 0 aliphatic heterocycles. The van der Waals surface area contributed by atoms with Crippen LogP contribution in [0.2, 0.25) is 5.02 Å². The van der Waals surface area contributed by atoms with E-state index in [0.29, 0.717) is 10.6 Å². The molecule has 0 N–H and O–H groups in total. The molecule has 0 unspecified atom stereocenters. The Morgan fingerprint density at radius 3 is 2.62 bits per heavy atom. The van der Waals surface area contributed by atoms with Crippen molar-refractivity contribution in [2.75, 3.05) is 0 Å². The summed E-state index contributed by atoms with van der Waals surface area (Å²) in [5.41, 5.74) is 1.52. The third kappa shape index (κ3) is 3.69. The second-order valence-electron chi connectivity index (χ2n) is 4.68. The Morgan fingerprint density at radius 1 is 1.17 bits per heavy atom. The number of benzene rings is 2. The molecule has 24 heavy (non-hydrogen) atoms. The molecular formula is C15H6Br3ClN2O2Se. The molecule has 0 amide bonds. The van der Waals surface area contributed by atoms with Crippen molar-refractivity contribution in [1.29, 1.82) is 0 Å². The van der Waals surface area contributed by atoms with Crippen LogP contribution in [0.5, 0.6) is 0 Å². The summed E-state index contributed by atoms with van der Waals surface area (Å²) in [6.45, 7) is 0. The normalized spacial score (nSPS) is 11.5. The minimum absolute atomic E-state index is 0.0109. The summed E-state index contributed by atoms with van der Waals surface area (Å²) in [4.78, 5) is 15.1. The van der Waals surface area contributed by atoms with E-state index in [-0.39, 0.29) is 20.2 Å². The Labute approximate surface area is 173 Å². The van der Waals surface area contributed by atoms with E-state index in [1.54, 1.807) is 6.08 Å². The average Bonchev–Trinajstić information content (AvgIpc) is 2.94. The molecule has 1 heterocycles. The SMILES string of the molecule is O=[N+]([O-])c1ccc(Cl)c(C=Cc2nc3c(Br)c(Br)c(Br)cc3[se]2)c1. The molecule has 0 aliphatic carbocycles. The van der Waals surface area contributed by atoms with Gasteiger partial charge in [0.25, 0.3) is 0 Å². The molecular weight excluding hydrogens is 594 g/mol. The number of aromatic nitrogens is 1. The summed E-state index contributed by atoms with van der Waals surface area (Å²) in [5, 5.41) is 11.3. The Balaban J connectivity index is 2.01. The summed E-state index contributed by atoms with van der Waals surface area (Å²) >= 11 is 16.7. The fraction of sp³-hybridized carbons (Fsp3) is 0. The summed E-state index contributed by atoms with van der Waals surface area (Å²) in [5.74, 6) is 0. The molecule has 4 nitrogen and oxygen atoms in total. The third-order valence-electron chi connectivity index (χ3n) is 3.13. The first-order chi connectivity index (χ1) is 11.4. The van der Waals surface area contributed by atoms with Crippen molar-refractivity contribution in [3.8, 4) is 0 Å². The Bertz CT molecular complexity index is 1000. The molecule has 0 radical (unpaired) electrons. The number of hydrogen-bond acceptors (Lipinski definition) is 3. The van der Waals surface area contributed by atoms with Crippen LogP contribution in [0.25, 0.3) is 21.9 Å².